The molecule has 0 bridgehead atoms. The molecule has 0 fully saturated rings. The molecule has 0 atom stereocenters. The Morgan fingerprint density at radius 1 is 1.04 bits per heavy atom. The number of halogens is 1. The van der Waals surface area contributed by atoms with Crippen molar-refractivity contribution in [3.8, 4) is 0 Å². The first-order valence-corrected chi connectivity index (χ1v) is 9.12. The largest absolute Gasteiger partial charge is 0.370 e. The van der Waals surface area contributed by atoms with Gasteiger partial charge >= 0.3 is 0 Å². The van der Waals surface area contributed by atoms with Crippen molar-refractivity contribution in [1.29, 1.82) is 0 Å². The lowest BCUT2D eigenvalue weighted by atomic mass is 10.1. The number of aromatic nitrogens is 2. The summed E-state index contributed by atoms with van der Waals surface area (Å²) < 4.78 is 0. The number of ketones is 1. The topological polar surface area (TPSA) is 84.0 Å². The molecule has 0 aliphatic heterocycles. The van der Waals surface area contributed by atoms with Crippen LogP contribution in [0.15, 0.2) is 60.9 Å². The summed E-state index contributed by atoms with van der Waals surface area (Å²) in [5.74, 6) is 0.187. The quantitative estimate of drug-likeness (QED) is 0.585. The van der Waals surface area contributed by atoms with E-state index in [-0.39, 0.29) is 17.4 Å². The van der Waals surface area contributed by atoms with Gasteiger partial charge in [-0.25, -0.2) is 9.97 Å². The number of carbonyl (C=O) groups is 2. The van der Waals surface area contributed by atoms with Gasteiger partial charge in [0.1, 0.15) is 17.8 Å². The minimum Gasteiger partial charge on any atom is -0.370 e. The zero-order valence-corrected chi connectivity index (χ0v) is 16.0. The van der Waals surface area contributed by atoms with E-state index in [4.69, 9.17) is 11.6 Å². The maximum absolute atomic E-state index is 12.4. The third-order valence-electron chi connectivity index (χ3n) is 4.06. The summed E-state index contributed by atoms with van der Waals surface area (Å²) in [7, 11) is 0. The van der Waals surface area contributed by atoms with Gasteiger partial charge in [-0.2, -0.15) is 0 Å². The first-order chi connectivity index (χ1) is 13.5. The van der Waals surface area contributed by atoms with E-state index in [1.165, 1.54) is 13.3 Å². The number of benzene rings is 2. The standard InChI is InChI=1S/C21H19ClN4O2/c1-14(27)16-5-7-18(8-6-16)26-21(28)19-12-20(25-13-24-19)23-10-9-15-3-2-4-17(22)11-15/h2-8,11-13H,9-10H2,1H3,(H,26,28)(H,23,24,25). The highest BCUT2D eigenvalue weighted by Crippen LogP contribution is 2.13. The molecule has 0 spiro atoms. The molecule has 0 saturated heterocycles. The number of nitrogens with zero attached hydrogens (tertiary/aromatic N) is 2. The lowest BCUT2D eigenvalue weighted by Gasteiger charge is -2.08. The van der Waals surface area contributed by atoms with Gasteiger partial charge in [0.25, 0.3) is 5.91 Å². The van der Waals surface area contributed by atoms with Crippen LogP contribution in [0.25, 0.3) is 0 Å². The van der Waals surface area contributed by atoms with Crippen LogP contribution >= 0.6 is 11.6 Å². The van der Waals surface area contributed by atoms with Crippen LogP contribution in [-0.4, -0.2) is 28.2 Å². The maximum Gasteiger partial charge on any atom is 0.274 e. The van der Waals surface area contributed by atoms with E-state index in [9.17, 15) is 9.59 Å². The van der Waals surface area contributed by atoms with Crippen molar-refractivity contribution in [1.82, 2.24) is 9.97 Å². The Morgan fingerprint density at radius 3 is 2.54 bits per heavy atom. The Bertz CT molecular complexity index is 990. The average molecular weight is 395 g/mol. The molecule has 1 aromatic heterocycles. The average Bonchev–Trinajstić information content (AvgIpc) is 2.69. The van der Waals surface area contributed by atoms with Crippen molar-refractivity contribution >= 4 is 34.8 Å². The summed E-state index contributed by atoms with van der Waals surface area (Å²) in [4.78, 5) is 31.9. The number of carbonyl (C=O) groups excluding carboxylic acids is 2. The molecule has 28 heavy (non-hydrogen) atoms. The lowest BCUT2D eigenvalue weighted by molar-refractivity contribution is 0.101. The molecule has 142 valence electrons. The molecule has 6 nitrogen and oxygen atoms in total. The van der Waals surface area contributed by atoms with Crippen LogP contribution in [0.4, 0.5) is 11.5 Å². The van der Waals surface area contributed by atoms with Crippen LogP contribution in [0.5, 0.6) is 0 Å². The van der Waals surface area contributed by atoms with Gasteiger partial charge in [-0.05, 0) is 55.3 Å². The van der Waals surface area contributed by atoms with Crippen LogP contribution in [0, 0.1) is 0 Å². The highest BCUT2D eigenvalue weighted by Gasteiger charge is 2.10. The molecule has 0 aliphatic rings. The zero-order chi connectivity index (χ0) is 19.9. The van der Waals surface area contributed by atoms with Crippen molar-refractivity contribution in [2.75, 3.05) is 17.2 Å². The van der Waals surface area contributed by atoms with E-state index in [0.29, 0.717) is 28.6 Å². The lowest BCUT2D eigenvalue weighted by Crippen LogP contribution is -2.15. The van der Waals surface area contributed by atoms with E-state index in [0.717, 1.165) is 12.0 Å². The highest BCUT2D eigenvalue weighted by atomic mass is 35.5. The fraction of sp³-hybridized carbons (Fsp3) is 0.143. The first-order valence-electron chi connectivity index (χ1n) is 8.74. The predicted octanol–water partition coefficient (Wildman–Crippen LogP) is 4.24. The van der Waals surface area contributed by atoms with Crippen LogP contribution in [-0.2, 0) is 6.42 Å². The first kappa shape index (κ1) is 19.5. The van der Waals surface area contributed by atoms with E-state index in [1.54, 1.807) is 30.3 Å². The molecule has 3 rings (SSSR count). The molecule has 0 radical (unpaired) electrons. The minimum atomic E-state index is -0.351. The molecule has 1 amide bonds. The Morgan fingerprint density at radius 2 is 1.82 bits per heavy atom. The normalized spacial score (nSPS) is 10.4. The fourth-order valence-corrected chi connectivity index (χ4v) is 2.80. The number of nitrogens with one attached hydrogen (secondary N) is 2. The van der Waals surface area contributed by atoms with Crippen molar-refractivity contribution in [3.05, 3.63) is 82.8 Å². The van der Waals surface area contributed by atoms with E-state index in [1.807, 2.05) is 24.3 Å². The summed E-state index contributed by atoms with van der Waals surface area (Å²) in [6, 6.07) is 16.0. The number of hydrogen-bond acceptors (Lipinski definition) is 5. The molecule has 3 aromatic rings. The third kappa shape index (κ3) is 5.37. The maximum atomic E-state index is 12.4. The van der Waals surface area contributed by atoms with Gasteiger partial charge in [0, 0.05) is 28.9 Å². The Balaban J connectivity index is 1.58. The molecule has 2 aromatic carbocycles. The Hall–Kier alpha value is -3.25. The zero-order valence-electron chi connectivity index (χ0n) is 15.3. The summed E-state index contributed by atoms with van der Waals surface area (Å²) in [6.07, 6.45) is 2.12. The van der Waals surface area contributed by atoms with E-state index >= 15 is 0 Å². The number of hydrogen-bond donors (Lipinski definition) is 2. The third-order valence-corrected chi connectivity index (χ3v) is 4.29. The Kier molecular flexibility index (Phi) is 6.34. The van der Waals surface area contributed by atoms with Gasteiger partial charge in [0.15, 0.2) is 5.78 Å². The summed E-state index contributed by atoms with van der Waals surface area (Å²) >= 11 is 5.98. The number of Topliss-reactive ketones (excluding diaryl/α,β-unsaturated/α-hetero) is 1. The number of amides is 1. The summed E-state index contributed by atoms with van der Waals surface area (Å²) in [5, 5.41) is 6.64. The van der Waals surface area contributed by atoms with Crippen LogP contribution < -0.4 is 10.6 Å². The van der Waals surface area contributed by atoms with Gasteiger partial charge in [-0.15, -0.1) is 0 Å². The second kappa shape index (κ2) is 9.10. The van der Waals surface area contributed by atoms with Crippen LogP contribution in [0.3, 0.4) is 0 Å². The molecule has 0 saturated carbocycles. The monoisotopic (exact) mass is 394 g/mol. The molecule has 2 N–H and O–H groups in total. The molecule has 1 heterocycles. The summed E-state index contributed by atoms with van der Waals surface area (Å²) in [6.45, 7) is 2.14. The fourth-order valence-electron chi connectivity index (χ4n) is 2.59. The highest BCUT2D eigenvalue weighted by molar-refractivity contribution is 6.30. The molecular formula is C21H19ClN4O2. The van der Waals surface area contributed by atoms with Gasteiger partial charge < -0.3 is 10.6 Å². The molecule has 7 heteroatoms. The predicted molar refractivity (Wildman–Crippen MR) is 110 cm³/mol. The van der Waals surface area contributed by atoms with E-state index in [2.05, 4.69) is 20.6 Å². The Labute approximate surface area is 168 Å². The van der Waals surface area contributed by atoms with Crippen molar-refractivity contribution < 1.29 is 9.59 Å². The molecule has 0 aliphatic carbocycles. The van der Waals surface area contributed by atoms with Gasteiger partial charge in [-0.1, -0.05) is 23.7 Å². The van der Waals surface area contributed by atoms with Gasteiger partial charge in [0.05, 0.1) is 0 Å². The second-order valence-corrected chi connectivity index (χ2v) is 6.62. The molecule has 0 unspecified atom stereocenters. The minimum absolute atomic E-state index is 0.0258. The molecular weight excluding hydrogens is 376 g/mol. The van der Waals surface area contributed by atoms with Crippen molar-refractivity contribution in [2.24, 2.45) is 0 Å². The SMILES string of the molecule is CC(=O)c1ccc(NC(=O)c2cc(NCCc3cccc(Cl)c3)ncn2)cc1. The van der Waals surface area contributed by atoms with Crippen molar-refractivity contribution in [2.45, 2.75) is 13.3 Å². The number of anilines is 2. The van der Waals surface area contributed by atoms with Crippen LogP contribution in [0.2, 0.25) is 5.02 Å². The summed E-state index contributed by atoms with van der Waals surface area (Å²) in [5.41, 5.74) is 2.53. The van der Waals surface area contributed by atoms with Crippen molar-refractivity contribution in [3.63, 3.8) is 0 Å². The van der Waals surface area contributed by atoms with Gasteiger partial charge in [0.2, 0.25) is 0 Å². The number of rotatable bonds is 7. The smallest absolute Gasteiger partial charge is 0.274 e. The van der Waals surface area contributed by atoms with Crippen LogP contribution in [0.1, 0.15) is 33.3 Å². The van der Waals surface area contributed by atoms with Gasteiger partial charge in [-0.3, -0.25) is 9.59 Å². The van der Waals surface area contributed by atoms with E-state index < -0.39 is 0 Å². The second-order valence-electron chi connectivity index (χ2n) is 6.18.